The third kappa shape index (κ3) is 8.71. The summed E-state index contributed by atoms with van der Waals surface area (Å²) in [4.78, 5) is 33.7. The number of halogens is 2. The Bertz CT molecular complexity index is 336. The molecule has 0 bridgehead atoms. The number of rotatable bonds is 9. The molecule has 0 aliphatic carbocycles. The lowest BCUT2D eigenvalue weighted by Crippen LogP contribution is -2.51. The molecule has 0 aliphatic rings. The maximum absolute atomic E-state index is 10.9. The van der Waals surface area contributed by atoms with Crippen molar-refractivity contribution in [1.82, 2.24) is 10.2 Å². The summed E-state index contributed by atoms with van der Waals surface area (Å²) in [5.74, 6) is -3.28. The highest BCUT2D eigenvalue weighted by molar-refractivity contribution is 5.85. The number of carbonyl (C=O) groups is 3. The van der Waals surface area contributed by atoms with E-state index in [-0.39, 0.29) is 37.9 Å². The molecule has 10 heteroatoms. The predicted octanol–water partition coefficient (Wildman–Crippen LogP) is 0.141. The van der Waals surface area contributed by atoms with E-state index >= 15 is 0 Å². The summed E-state index contributed by atoms with van der Waals surface area (Å²) in [6.45, 7) is 4.54. The quantitative estimate of drug-likeness (QED) is 0.463. The summed E-state index contributed by atoms with van der Waals surface area (Å²) in [6.07, 6.45) is 0. The fraction of sp³-hybridized carbons (Fsp3) is 0.727. The van der Waals surface area contributed by atoms with Crippen molar-refractivity contribution in [3.05, 3.63) is 0 Å². The SMILES string of the molecule is CC(NCCN(C(C)C(=O)O)C(C)C(=O)O)C(=O)O.Cl.Cl. The van der Waals surface area contributed by atoms with Gasteiger partial charge in [-0.15, -0.1) is 24.8 Å². The second kappa shape index (κ2) is 11.6. The maximum Gasteiger partial charge on any atom is 0.320 e. The first-order valence-corrected chi connectivity index (χ1v) is 5.86. The van der Waals surface area contributed by atoms with E-state index in [0.29, 0.717) is 0 Å². The number of nitrogens with one attached hydrogen (secondary N) is 1. The topological polar surface area (TPSA) is 127 Å². The van der Waals surface area contributed by atoms with Crippen LogP contribution in [0.15, 0.2) is 0 Å². The largest absolute Gasteiger partial charge is 0.480 e. The summed E-state index contributed by atoms with van der Waals surface area (Å²) >= 11 is 0. The smallest absolute Gasteiger partial charge is 0.320 e. The van der Waals surface area contributed by atoms with Crippen LogP contribution in [0.4, 0.5) is 0 Å². The van der Waals surface area contributed by atoms with Gasteiger partial charge in [-0.3, -0.25) is 19.3 Å². The van der Waals surface area contributed by atoms with Gasteiger partial charge in [0, 0.05) is 13.1 Å². The highest BCUT2D eigenvalue weighted by atomic mass is 35.5. The Hall–Kier alpha value is -1.09. The molecule has 0 amide bonds. The lowest BCUT2D eigenvalue weighted by atomic mass is 10.2. The molecular formula is C11H22Cl2N2O6. The van der Waals surface area contributed by atoms with Gasteiger partial charge in [-0.05, 0) is 20.8 Å². The van der Waals surface area contributed by atoms with Crippen molar-refractivity contribution in [2.75, 3.05) is 13.1 Å². The number of nitrogens with zero attached hydrogens (tertiary/aromatic N) is 1. The number of aliphatic carboxylic acids is 3. The summed E-state index contributed by atoms with van der Waals surface area (Å²) in [6, 6.07) is -2.71. The second-order valence-corrected chi connectivity index (χ2v) is 4.28. The Balaban J connectivity index is -0.00000162. The van der Waals surface area contributed by atoms with Crippen LogP contribution in [0, 0.1) is 0 Å². The van der Waals surface area contributed by atoms with Gasteiger partial charge in [-0.25, -0.2) is 0 Å². The van der Waals surface area contributed by atoms with Gasteiger partial charge < -0.3 is 20.6 Å². The molecular weight excluding hydrogens is 327 g/mol. The Morgan fingerprint density at radius 1 is 0.905 bits per heavy atom. The van der Waals surface area contributed by atoms with E-state index in [4.69, 9.17) is 15.3 Å². The minimum absolute atomic E-state index is 0. The lowest BCUT2D eigenvalue weighted by Gasteiger charge is -2.30. The number of carboxylic acid groups (broad SMARTS) is 3. The van der Waals surface area contributed by atoms with E-state index in [1.807, 2.05) is 0 Å². The van der Waals surface area contributed by atoms with Crippen LogP contribution in [0.2, 0.25) is 0 Å². The molecule has 0 aromatic heterocycles. The molecule has 0 radical (unpaired) electrons. The molecule has 126 valence electrons. The first-order chi connectivity index (χ1) is 8.68. The standard InChI is InChI=1S/C11H20N2O6.2ClH/c1-6(9(14)15)12-4-5-13(7(2)10(16)17)8(3)11(18)19;;/h6-8,12H,4-5H2,1-3H3,(H,14,15)(H,16,17)(H,18,19);2*1H. The number of hydrogen-bond donors (Lipinski definition) is 4. The molecule has 0 fully saturated rings. The Morgan fingerprint density at radius 3 is 1.57 bits per heavy atom. The average Bonchev–Trinajstić information content (AvgIpc) is 2.32. The van der Waals surface area contributed by atoms with Crippen molar-refractivity contribution in [2.45, 2.75) is 38.9 Å². The van der Waals surface area contributed by atoms with Crippen molar-refractivity contribution in [1.29, 1.82) is 0 Å². The summed E-state index contributed by atoms with van der Waals surface area (Å²) in [5, 5.41) is 29.2. The third-order valence-electron chi connectivity index (χ3n) is 2.90. The molecule has 3 unspecified atom stereocenters. The van der Waals surface area contributed by atoms with Crippen LogP contribution >= 0.6 is 24.8 Å². The van der Waals surface area contributed by atoms with E-state index in [1.165, 1.54) is 25.7 Å². The predicted molar refractivity (Wildman–Crippen MR) is 80.5 cm³/mol. The Kier molecular flexibility index (Phi) is 13.7. The third-order valence-corrected chi connectivity index (χ3v) is 2.90. The molecule has 0 aromatic rings. The van der Waals surface area contributed by atoms with Crippen LogP contribution < -0.4 is 5.32 Å². The van der Waals surface area contributed by atoms with Crippen molar-refractivity contribution >= 4 is 42.7 Å². The lowest BCUT2D eigenvalue weighted by molar-refractivity contribution is -0.149. The minimum Gasteiger partial charge on any atom is -0.480 e. The highest BCUT2D eigenvalue weighted by Crippen LogP contribution is 2.06. The van der Waals surface area contributed by atoms with Crippen LogP contribution in [0.25, 0.3) is 0 Å². The van der Waals surface area contributed by atoms with Crippen LogP contribution in [0.3, 0.4) is 0 Å². The highest BCUT2D eigenvalue weighted by Gasteiger charge is 2.29. The summed E-state index contributed by atoms with van der Waals surface area (Å²) in [7, 11) is 0. The van der Waals surface area contributed by atoms with Crippen molar-refractivity contribution < 1.29 is 29.7 Å². The maximum atomic E-state index is 10.9. The molecule has 0 saturated carbocycles. The average molecular weight is 349 g/mol. The zero-order chi connectivity index (χ0) is 15.2. The Labute approximate surface area is 135 Å². The van der Waals surface area contributed by atoms with E-state index < -0.39 is 36.0 Å². The number of carboxylic acids is 3. The van der Waals surface area contributed by atoms with Gasteiger partial charge in [-0.2, -0.15) is 0 Å². The van der Waals surface area contributed by atoms with E-state index in [2.05, 4.69) is 5.32 Å². The molecule has 0 heterocycles. The monoisotopic (exact) mass is 348 g/mol. The van der Waals surface area contributed by atoms with Gasteiger partial charge in [0.25, 0.3) is 0 Å². The van der Waals surface area contributed by atoms with Gasteiger partial charge in [0.15, 0.2) is 0 Å². The van der Waals surface area contributed by atoms with Gasteiger partial charge >= 0.3 is 17.9 Å². The van der Waals surface area contributed by atoms with Crippen LogP contribution in [0.5, 0.6) is 0 Å². The van der Waals surface area contributed by atoms with Gasteiger partial charge in [-0.1, -0.05) is 0 Å². The molecule has 0 spiro atoms. The second-order valence-electron chi connectivity index (χ2n) is 4.28. The molecule has 4 N–H and O–H groups in total. The molecule has 0 aliphatic heterocycles. The molecule has 3 atom stereocenters. The first kappa shape index (κ1) is 24.9. The van der Waals surface area contributed by atoms with E-state index in [0.717, 1.165) is 0 Å². The van der Waals surface area contributed by atoms with Crippen LogP contribution in [0.1, 0.15) is 20.8 Å². The minimum atomic E-state index is -1.13. The van der Waals surface area contributed by atoms with Crippen molar-refractivity contribution in [3.8, 4) is 0 Å². The molecule has 8 nitrogen and oxygen atoms in total. The zero-order valence-corrected chi connectivity index (χ0v) is 13.6. The van der Waals surface area contributed by atoms with E-state index in [9.17, 15) is 14.4 Å². The number of hydrogen-bond acceptors (Lipinski definition) is 5. The first-order valence-electron chi connectivity index (χ1n) is 5.86. The summed E-state index contributed by atoms with van der Waals surface area (Å²) in [5.41, 5.74) is 0. The van der Waals surface area contributed by atoms with E-state index in [1.54, 1.807) is 0 Å². The van der Waals surface area contributed by atoms with Gasteiger partial charge in [0.1, 0.15) is 18.1 Å². The molecule has 0 rings (SSSR count). The van der Waals surface area contributed by atoms with Crippen LogP contribution in [-0.2, 0) is 14.4 Å². The van der Waals surface area contributed by atoms with Crippen molar-refractivity contribution in [2.24, 2.45) is 0 Å². The normalized spacial score (nSPS) is 14.3. The summed E-state index contributed by atoms with van der Waals surface area (Å²) < 4.78 is 0. The molecule has 0 aromatic carbocycles. The van der Waals surface area contributed by atoms with Gasteiger partial charge in [0.2, 0.25) is 0 Å². The molecule has 21 heavy (non-hydrogen) atoms. The van der Waals surface area contributed by atoms with Gasteiger partial charge in [0.05, 0.1) is 0 Å². The van der Waals surface area contributed by atoms with Crippen molar-refractivity contribution in [3.63, 3.8) is 0 Å². The fourth-order valence-corrected chi connectivity index (χ4v) is 1.50. The zero-order valence-electron chi connectivity index (χ0n) is 12.0. The fourth-order valence-electron chi connectivity index (χ4n) is 1.50. The molecule has 0 saturated heterocycles. The Morgan fingerprint density at radius 2 is 1.29 bits per heavy atom. The van der Waals surface area contributed by atoms with Crippen LogP contribution in [-0.4, -0.2) is 69.3 Å².